The Hall–Kier alpha value is -3.67. The number of carbonyl (C=O) groups excluding carboxylic acids is 1. The van der Waals surface area contributed by atoms with Crippen LogP contribution in [0.25, 0.3) is 17.4 Å². The molecule has 2 aliphatic heterocycles. The van der Waals surface area contributed by atoms with Gasteiger partial charge in [-0.1, -0.05) is 12.1 Å². The number of furan rings is 1. The number of hydrazone groups is 1. The number of rotatable bonds is 3. The highest BCUT2D eigenvalue weighted by atomic mass is 32.2. The van der Waals surface area contributed by atoms with Crippen LogP contribution in [0.3, 0.4) is 0 Å². The number of halogens is 3. The number of nitrogens with one attached hydrogen (secondary N) is 1. The van der Waals surface area contributed by atoms with Crippen LogP contribution in [-0.4, -0.2) is 44.2 Å². The highest BCUT2D eigenvalue weighted by molar-refractivity contribution is 8.27. The molecule has 1 amide bonds. The summed E-state index contributed by atoms with van der Waals surface area (Å²) in [5, 5.41) is 19.4. The zero-order valence-corrected chi connectivity index (χ0v) is 15.4. The first kappa shape index (κ1) is 19.6. The maximum atomic E-state index is 12.9. The molecule has 0 aliphatic carbocycles. The molecule has 0 atom stereocenters. The van der Waals surface area contributed by atoms with Gasteiger partial charge in [-0.15, -0.1) is 0 Å². The third kappa shape index (κ3) is 3.52. The van der Waals surface area contributed by atoms with Crippen LogP contribution in [0.2, 0.25) is 0 Å². The van der Waals surface area contributed by atoms with Gasteiger partial charge in [-0.25, -0.2) is 4.79 Å². The van der Waals surface area contributed by atoms with Gasteiger partial charge in [0.2, 0.25) is 10.2 Å². The second-order valence-electron chi connectivity index (χ2n) is 6.01. The minimum atomic E-state index is -4.72. The normalized spacial score (nSPS) is 17.8. The fraction of sp³-hybridized carbons (Fsp3) is 0.0556. The van der Waals surface area contributed by atoms with Gasteiger partial charge in [-0.05, 0) is 42.1 Å². The molecule has 0 unspecified atom stereocenters. The number of benzene rings is 1. The molecule has 2 aliphatic rings. The number of hydrogen-bond donors (Lipinski definition) is 2. The molecular weight excluding hydrogens is 425 g/mol. The van der Waals surface area contributed by atoms with Gasteiger partial charge in [0.05, 0.1) is 11.1 Å². The van der Waals surface area contributed by atoms with Crippen LogP contribution in [0, 0.1) is 5.41 Å². The zero-order valence-electron chi connectivity index (χ0n) is 14.6. The molecule has 152 valence electrons. The Morgan fingerprint density at radius 2 is 1.90 bits per heavy atom. The molecule has 3 heterocycles. The molecule has 2 N–H and O–H groups in total. The Bertz CT molecular complexity index is 1180. The minimum absolute atomic E-state index is 0.102. The van der Waals surface area contributed by atoms with Gasteiger partial charge >= 0.3 is 12.1 Å². The molecule has 30 heavy (non-hydrogen) atoms. The van der Waals surface area contributed by atoms with Gasteiger partial charge < -0.3 is 9.52 Å². The standard InChI is InChI=1S/C18H9F3N4O4S/c19-18(20,21)16-24-25-13(22)11(14(26)23-17(25)30-16)7-10-5-6-12(29-10)8-1-3-9(4-2-8)15(27)28/h1-7,22H,(H,27,28)/b11-7-,22-13?. The van der Waals surface area contributed by atoms with Crippen LogP contribution in [0.4, 0.5) is 13.2 Å². The minimum Gasteiger partial charge on any atom is -0.478 e. The first-order chi connectivity index (χ1) is 14.1. The summed E-state index contributed by atoms with van der Waals surface area (Å²) >= 11 is 0.169. The third-order valence-electron chi connectivity index (χ3n) is 4.03. The van der Waals surface area contributed by atoms with Crippen molar-refractivity contribution in [1.29, 1.82) is 5.41 Å². The highest BCUT2D eigenvalue weighted by Crippen LogP contribution is 2.35. The lowest BCUT2D eigenvalue weighted by Crippen LogP contribution is -2.35. The number of aliphatic imine (C=N–C) groups is 1. The SMILES string of the molecule is N=C1/C(=C/c2ccc(-c3ccc(C(=O)O)cc3)o2)C(=O)N=C2SC(C(F)(F)F)=NN12. The topological polar surface area (TPSA) is 119 Å². The molecule has 2 aromatic rings. The molecule has 0 saturated heterocycles. The van der Waals surface area contributed by atoms with E-state index in [9.17, 15) is 22.8 Å². The third-order valence-corrected chi connectivity index (χ3v) is 4.98. The van der Waals surface area contributed by atoms with Gasteiger partial charge in [0.1, 0.15) is 11.5 Å². The number of nitrogens with zero attached hydrogens (tertiary/aromatic N) is 3. The van der Waals surface area contributed by atoms with E-state index in [4.69, 9.17) is 14.9 Å². The van der Waals surface area contributed by atoms with E-state index in [1.165, 1.54) is 24.3 Å². The Labute approximate surface area is 169 Å². The summed E-state index contributed by atoms with van der Waals surface area (Å²) in [6.07, 6.45) is -3.53. The quantitative estimate of drug-likeness (QED) is 0.709. The lowest BCUT2D eigenvalue weighted by molar-refractivity contribution is -0.114. The summed E-state index contributed by atoms with van der Waals surface area (Å²) in [5.41, 5.74) is 0.392. The number of alkyl halides is 3. The van der Waals surface area contributed by atoms with Crippen molar-refractivity contribution in [3.63, 3.8) is 0 Å². The molecule has 1 aromatic carbocycles. The van der Waals surface area contributed by atoms with Gasteiger partial charge in [0, 0.05) is 5.56 Å². The van der Waals surface area contributed by atoms with Crippen molar-refractivity contribution in [3.8, 4) is 11.3 Å². The second kappa shape index (κ2) is 6.99. The van der Waals surface area contributed by atoms with Gasteiger partial charge in [-0.3, -0.25) is 10.2 Å². The largest absolute Gasteiger partial charge is 0.478 e. The number of carboxylic acid groups (broad SMARTS) is 1. The number of aromatic carboxylic acids is 1. The predicted octanol–water partition coefficient (Wildman–Crippen LogP) is 3.83. The van der Waals surface area contributed by atoms with Crippen LogP contribution >= 0.6 is 11.8 Å². The molecule has 4 rings (SSSR count). The van der Waals surface area contributed by atoms with Crippen molar-refractivity contribution in [3.05, 3.63) is 53.3 Å². The number of amidine groups is 2. The monoisotopic (exact) mass is 434 g/mol. The van der Waals surface area contributed by atoms with E-state index in [0.717, 1.165) is 0 Å². The van der Waals surface area contributed by atoms with E-state index in [1.54, 1.807) is 18.2 Å². The Balaban J connectivity index is 1.62. The lowest BCUT2D eigenvalue weighted by atomic mass is 10.1. The van der Waals surface area contributed by atoms with Crippen molar-refractivity contribution in [2.24, 2.45) is 10.1 Å². The van der Waals surface area contributed by atoms with Crippen LogP contribution in [-0.2, 0) is 4.79 Å². The molecule has 0 radical (unpaired) electrons. The number of carbonyl (C=O) groups is 2. The summed E-state index contributed by atoms with van der Waals surface area (Å²) in [6, 6.07) is 8.94. The molecule has 12 heteroatoms. The average molecular weight is 434 g/mol. The fourth-order valence-electron chi connectivity index (χ4n) is 2.61. The summed E-state index contributed by atoms with van der Waals surface area (Å²) in [4.78, 5) is 26.7. The number of thioether (sulfide) groups is 1. The molecule has 0 bridgehead atoms. The van der Waals surface area contributed by atoms with E-state index >= 15 is 0 Å². The van der Waals surface area contributed by atoms with Gasteiger partial charge in [-0.2, -0.15) is 28.3 Å². The van der Waals surface area contributed by atoms with Crippen LogP contribution in [0.5, 0.6) is 0 Å². The van der Waals surface area contributed by atoms with E-state index < -0.39 is 28.9 Å². The molecule has 1 aromatic heterocycles. The van der Waals surface area contributed by atoms with Gasteiger partial charge in [0.25, 0.3) is 5.91 Å². The predicted molar refractivity (Wildman–Crippen MR) is 102 cm³/mol. The van der Waals surface area contributed by atoms with Crippen molar-refractivity contribution in [2.75, 3.05) is 0 Å². The van der Waals surface area contributed by atoms with Crippen molar-refractivity contribution in [2.45, 2.75) is 6.18 Å². The van der Waals surface area contributed by atoms with Crippen LogP contribution in [0.15, 0.2) is 56.5 Å². The Kier molecular flexibility index (Phi) is 4.57. The first-order valence-corrected chi connectivity index (χ1v) is 8.96. The summed E-state index contributed by atoms with van der Waals surface area (Å²) in [5.74, 6) is -1.99. The molecule has 8 nitrogen and oxygen atoms in total. The summed E-state index contributed by atoms with van der Waals surface area (Å²) in [6.45, 7) is 0. The maximum absolute atomic E-state index is 12.9. The zero-order chi connectivity index (χ0) is 21.6. The Morgan fingerprint density at radius 3 is 2.53 bits per heavy atom. The lowest BCUT2D eigenvalue weighted by Gasteiger charge is -2.19. The molecule has 0 saturated carbocycles. The molecular formula is C18H9F3N4O4S. The van der Waals surface area contributed by atoms with E-state index in [-0.39, 0.29) is 33.8 Å². The highest BCUT2D eigenvalue weighted by Gasteiger charge is 2.46. The maximum Gasteiger partial charge on any atom is 0.441 e. The van der Waals surface area contributed by atoms with Crippen molar-refractivity contribution >= 4 is 45.8 Å². The van der Waals surface area contributed by atoms with E-state index in [0.29, 0.717) is 16.3 Å². The first-order valence-electron chi connectivity index (χ1n) is 8.14. The van der Waals surface area contributed by atoms with Crippen molar-refractivity contribution in [1.82, 2.24) is 5.01 Å². The van der Waals surface area contributed by atoms with E-state index in [2.05, 4.69) is 10.1 Å². The number of hydrogen-bond acceptors (Lipinski definition) is 6. The average Bonchev–Trinajstić information content (AvgIpc) is 3.32. The smallest absolute Gasteiger partial charge is 0.441 e. The summed E-state index contributed by atoms with van der Waals surface area (Å²) < 4.78 is 44.1. The van der Waals surface area contributed by atoms with Crippen LogP contribution in [0.1, 0.15) is 16.1 Å². The van der Waals surface area contributed by atoms with E-state index in [1.807, 2.05) is 0 Å². The number of amides is 1. The Morgan fingerprint density at radius 1 is 1.20 bits per heavy atom. The van der Waals surface area contributed by atoms with Gasteiger partial charge in [0.15, 0.2) is 5.84 Å². The van der Waals surface area contributed by atoms with Crippen LogP contribution < -0.4 is 0 Å². The molecule has 0 fully saturated rings. The fourth-order valence-corrected chi connectivity index (χ4v) is 3.37. The number of fused-ring (bicyclic) bond motifs is 1. The number of carboxylic acids is 1. The van der Waals surface area contributed by atoms with Crippen molar-refractivity contribution < 1.29 is 32.3 Å². The molecule has 0 spiro atoms. The second-order valence-corrected chi connectivity index (χ2v) is 6.96. The summed E-state index contributed by atoms with van der Waals surface area (Å²) in [7, 11) is 0.